The zero-order chi connectivity index (χ0) is 20.6. The van der Waals surface area contributed by atoms with E-state index in [1.165, 1.54) is 22.6 Å². The van der Waals surface area contributed by atoms with Crippen LogP contribution in [-0.4, -0.2) is 42.3 Å². The lowest BCUT2D eigenvalue weighted by Crippen LogP contribution is -2.38. The molecule has 7 nitrogen and oxygen atoms in total. The summed E-state index contributed by atoms with van der Waals surface area (Å²) in [4.78, 5) is 24.3. The molecule has 154 valence electrons. The molecule has 0 fully saturated rings. The fourth-order valence-electron chi connectivity index (χ4n) is 2.88. The van der Waals surface area contributed by atoms with E-state index in [1.807, 2.05) is 6.92 Å². The summed E-state index contributed by atoms with van der Waals surface area (Å²) in [6.45, 7) is 10.2. The summed E-state index contributed by atoms with van der Waals surface area (Å²) >= 11 is 0. The molecule has 0 aliphatic heterocycles. The summed E-state index contributed by atoms with van der Waals surface area (Å²) in [5.41, 5.74) is -0.406. The number of amides is 1. The molecule has 0 unspecified atom stereocenters. The first-order valence-electron chi connectivity index (χ1n) is 9.61. The first-order chi connectivity index (χ1) is 12.6. The summed E-state index contributed by atoms with van der Waals surface area (Å²) in [5, 5.41) is 2.87. The van der Waals surface area contributed by atoms with E-state index in [4.69, 9.17) is 0 Å². The van der Waals surface area contributed by atoms with E-state index < -0.39 is 15.6 Å². The Morgan fingerprint density at radius 3 is 2.33 bits per heavy atom. The van der Waals surface area contributed by atoms with Gasteiger partial charge in [-0.15, -0.1) is 0 Å². The maximum absolute atomic E-state index is 12.6. The average Bonchev–Trinajstić information content (AvgIpc) is 2.57. The first kappa shape index (κ1) is 23.4. The summed E-state index contributed by atoms with van der Waals surface area (Å²) in [7, 11) is -3.68. The van der Waals surface area contributed by atoms with Crippen molar-refractivity contribution in [3.05, 3.63) is 28.7 Å². The number of hydrogen-bond acceptors (Lipinski definition) is 4. The minimum absolute atomic E-state index is 0.00883. The van der Waals surface area contributed by atoms with Crippen LogP contribution in [0.5, 0.6) is 0 Å². The highest BCUT2D eigenvalue weighted by Crippen LogP contribution is 2.13. The van der Waals surface area contributed by atoms with E-state index in [0.717, 1.165) is 23.8 Å². The molecule has 1 aromatic rings. The molecule has 0 radical (unpaired) electrons. The van der Waals surface area contributed by atoms with Gasteiger partial charge in [-0.25, -0.2) is 8.42 Å². The normalized spacial score (nSPS) is 13.1. The van der Waals surface area contributed by atoms with Gasteiger partial charge in [-0.05, 0) is 25.3 Å². The maximum Gasteiger partial charge on any atom is 0.251 e. The quantitative estimate of drug-likeness (QED) is 0.618. The van der Waals surface area contributed by atoms with Crippen LogP contribution in [0.25, 0.3) is 0 Å². The number of hydrogen-bond donors (Lipinski definition) is 1. The molecule has 0 saturated heterocycles. The molecule has 1 aromatic heterocycles. The van der Waals surface area contributed by atoms with E-state index in [9.17, 15) is 18.0 Å². The van der Waals surface area contributed by atoms with Crippen LogP contribution in [0.15, 0.2) is 28.0 Å². The molecule has 1 N–H and O–H groups in total. The standard InChI is InChI=1S/C19H33N3O4S/c1-6-22(7-2)27(25,26)17-11-12-19(24)21(13-17)14-18(23)20-16(5)10-8-9-15(3)4/h11-13,15-16H,6-10,14H2,1-5H3,(H,20,23)/t16-/m0/s1. The van der Waals surface area contributed by atoms with Crippen molar-refractivity contribution in [3.8, 4) is 0 Å². The number of nitrogens with one attached hydrogen (secondary N) is 1. The highest BCUT2D eigenvalue weighted by molar-refractivity contribution is 7.89. The molecule has 0 spiro atoms. The molecule has 1 heterocycles. The van der Waals surface area contributed by atoms with Crippen LogP contribution < -0.4 is 10.9 Å². The Kier molecular flexibility index (Phi) is 9.18. The van der Waals surface area contributed by atoms with E-state index in [0.29, 0.717) is 19.0 Å². The fourth-order valence-corrected chi connectivity index (χ4v) is 4.36. The molecular formula is C19H33N3O4S. The first-order valence-corrected chi connectivity index (χ1v) is 11.1. The Bertz CT molecular complexity index is 767. The van der Waals surface area contributed by atoms with Gasteiger partial charge in [0.25, 0.3) is 5.56 Å². The molecular weight excluding hydrogens is 366 g/mol. The van der Waals surface area contributed by atoms with Crippen LogP contribution in [0.4, 0.5) is 0 Å². The molecule has 1 atom stereocenters. The lowest BCUT2D eigenvalue weighted by molar-refractivity contribution is -0.122. The third kappa shape index (κ3) is 7.10. The number of sulfonamides is 1. The summed E-state index contributed by atoms with van der Waals surface area (Å²) in [6.07, 6.45) is 4.25. The van der Waals surface area contributed by atoms with Gasteiger partial charge in [0.15, 0.2) is 0 Å². The Balaban J connectivity index is 2.83. The van der Waals surface area contributed by atoms with Gasteiger partial charge in [-0.1, -0.05) is 40.5 Å². The summed E-state index contributed by atoms with van der Waals surface area (Å²) in [6, 6.07) is 2.49. The minimum Gasteiger partial charge on any atom is -0.352 e. The molecule has 0 aliphatic carbocycles. The van der Waals surface area contributed by atoms with Crippen molar-refractivity contribution in [2.24, 2.45) is 5.92 Å². The number of carbonyl (C=O) groups is 1. The lowest BCUT2D eigenvalue weighted by Gasteiger charge is -2.19. The Morgan fingerprint density at radius 2 is 1.78 bits per heavy atom. The molecule has 0 saturated carbocycles. The van der Waals surface area contributed by atoms with Gasteiger partial charge >= 0.3 is 0 Å². The number of aromatic nitrogens is 1. The Morgan fingerprint density at radius 1 is 1.15 bits per heavy atom. The molecule has 0 bridgehead atoms. The van der Waals surface area contributed by atoms with Crippen molar-refractivity contribution in [2.45, 2.75) is 71.4 Å². The van der Waals surface area contributed by atoms with Gasteiger partial charge < -0.3 is 9.88 Å². The zero-order valence-electron chi connectivity index (χ0n) is 17.1. The van der Waals surface area contributed by atoms with Crippen molar-refractivity contribution in [2.75, 3.05) is 13.1 Å². The molecule has 0 aliphatic rings. The van der Waals surface area contributed by atoms with Crippen LogP contribution in [-0.2, 0) is 21.4 Å². The second-order valence-electron chi connectivity index (χ2n) is 7.21. The van der Waals surface area contributed by atoms with Crippen molar-refractivity contribution < 1.29 is 13.2 Å². The van der Waals surface area contributed by atoms with Crippen LogP contribution in [0.1, 0.15) is 53.9 Å². The molecule has 0 aromatic carbocycles. The van der Waals surface area contributed by atoms with Crippen molar-refractivity contribution in [3.63, 3.8) is 0 Å². The highest BCUT2D eigenvalue weighted by Gasteiger charge is 2.22. The van der Waals surface area contributed by atoms with Gasteiger partial charge in [0.2, 0.25) is 15.9 Å². The smallest absolute Gasteiger partial charge is 0.251 e. The fraction of sp³-hybridized carbons (Fsp3) is 0.684. The van der Waals surface area contributed by atoms with Crippen LogP contribution in [0, 0.1) is 5.92 Å². The van der Waals surface area contributed by atoms with Crippen LogP contribution in [0.2, 0.25) is 0 Å². The summed E-state index contributed by atoms with van der Waals surface area (Å²) in [5.74, 6) is 0.327. The maximum atomic E-state index is 12.6. The number of carbonyl (C=O) groups excluding carboxylic acids is 1. The number of nitrogens with zero attached hydrogens (tertiary/aromatic N) is 2. The minimum atomic E-state index is -3.68. The van der Waals surface area contributed by atoms with E-state index in [1.54, 1.807) is 13.8 Å². The average molecular weight is 400 g/mol. The van der Waals surface area contributed by atoms with Gasteiger partial charge in [-0.2, -0.15) is 4.31 Å². The lowest BCUT2D eigenvalue weighted by atomic mass is 10.0. The number of rotatable bonds is 11. The molecule has 1 amide bonds. The van der Waals surface area contributed by atoms with E-state index in [-0.39, 0.29) is 23.4 Å². The van der Waals surface area contributed by atoms with Gasteiger partial charge in [0.1, 0.15) is 6.54 Å². The van der Waals surface area contributed by atoms with Crippen molar-refractivity contribution >= 4 is 15.9 Å². The van der Waals surface area contributed by atoms with E-state index in [2.05, 4.69) is 19.2 Å². The third-order valence-corrected chi connectivity index (χ3v) is 6.47. The predicted molar refractivity (Wildman–Crippen MR) is 107 cm³/mol. The molecule has 1 rings (SSSR count). The zero-order valence-corrected chi connectivity index (χ0v) is 17.9. The largest absolute Gasteiger partial charge is 0.352 e. The van der Waals surface area contributed by atoms with Crippen molar-refractivity contribution in [1.82, 2.24) is 14.2 Å². The van der Waals surface area contributed by atoms with Gasteiger partial charge in [0, 0.05) is 31.4 Å². The second kappa shape index (κ2) is 10.6. The molecule has 27 heavy (non-hydrogen) atoms. The third-order valence-electron chi connectivity index (χ3n) is 4.44. The summed E-state index contributed by atoms with van der Waals surface area (Å²) < 4.78 is 27.7. The number of pyridine rings is 1. The van der Waals surface area contributed by atoms with Crippen LogP contribution >= 0.6 is 0 Å². The van der Waals surface area contributed by atoms with Gasteiger partial charge in [0.05, 0.1) is 4.90 Å². The molecule has 8 heteroatoms. The Hall–Kier alpha value is -1.67. The highest BCUT2D eigenvalue weighted by atomic mass is 32.2. The predicted octanol–water partition coefficient (Wildman–Crippen LogP) is 2.21. The SMILES string of the molecule is CCN(CC)S(=O)(=O)c1ccc(=O)n(CC(=O)N[C@@H](C)CCCC(C)C)c1. The second-order valence-corrected chi connectivity index (χ2v) is 9.15. The van der Waals surface area contributed by atoms with Gasteiger partial charge in [-0.3, -0.25) is 9.59 Å². The topological polar surface area (TPSA) is 88.5 Å². The van der Waals surface area contributed by atoms with E-state index >= 15 is 0 Å². The Labute approximate surface area is 162 Å². The van der Waals surface area contributed by atoms with Crippen molar-refractivity contribution in [1.29, 1.82) is 0 Å². The monoisotopic (exact) mass is 399 g/mol. The van der Waals surface area contributed by atoms with Crippen LogP contribution in [0.3, 0.4) is 0 Å².